The first-order valence-electron chi connectivity index (χ1n) is 6.70. The van der Waals surface area contributed by atoms with Crippen molar-refractivity contribution in [2.75, 3.05) is 18.4 Å². The number of nitrogens with one attached hydrogen (secondary N) is 1. The summed E-state index contributed by atoms with van der Waals surface area (Å²) >= 11 is 0. The molecule has 1 aliphatic rings. The molecule has 2 amide bonds. The van der Waals surface area contributed by atoms with Crippen LogP contribution in [0.4, 0.5) is 18.9 Å². The molecule has 1 atom stereocenters. The quantitative estimate of drug-likeness (QED) is 0.887. The summed E-state index contributed by atoms with van der Waals surface area (Å²) in [5.74, 6) is -1.28. The molecule has 5 nitrogen and oxygen atoms in total. The standard InChI is InChI=1S/C14H16F3N3O2/c1-8-3-2-4-9(11(8)12(18)21)19-10-5-6-20(13(10)22)7-14(15,16)17/h2-4,10,19H,5-7H2,1H3,(H2,18,21)/t10-/m1/s1. The number of benzene rings is 1. The lowest BCUT2D eigenvalue weighted by atomic mass is 10.1. The fourth-order valence-corrected chi connectivity index (χ4v) is 2.55. The number of nitrogens with zero attached hydrogens (tertiary/aromatic N) is 1. The Kier molecular flexibility index (Phi) is 4.30. The first-order valence-corrected chi connectivity index (χ1v) is 6.70. The SMILES string of the molecule is Cc1cccc(N[C@@H]2CCN(CC(F)(F)F)C2=O)c1C(N)=O. The maximum atomic E-state index is 12.4. The van der Waals surface area contributed by atoms with Gasteiger partial charge in [0.05, 0.1) is 5.56 Å². The van der Waals surface area contributed by atoms with Crippen molar-refractivity contribution in [3.63, 3.8) is 0 Å². The van der Waals surface area contributed by atoms with Crippen LogP contribution in [0.5, 0.6) is 0 Å². The van der Waals surface area contributed by atoms with Gasteiger partial charge in [0.15, 0.2) is 0 Å². The van der Waals surface area contributed by atoms with Crippen LogP contribution in [0, 0.1) is 6.92 Å². The van der Waals surface area contributed by atoms with E-state index >= 15 is 0 Å². The summed E-state index contributed by atoms with van der Waals surface area (Å²) in [5.41, 5.74) is 6.55. The molecule has 3 N–H and O–H groups in total. The smallest absolute Gasteiger partial charge is 0.373 e. The number of carbonyl (C=O) groups is 2. The van der Waals surface area contributed by atoms with E-state index < -0.39 is 30.6 Å². The van der Waals surface area contributed by atoms with Crippen molar-refractivity contribution in [1.29, 1.82) is 0 Å². The molecule has 0 aliphatic carbocycles. The van der Waals surface area contributed by atoms with Crippen molar-refractivity contribution in [1.82, 2.24) is 4.90 Å². The molecule has 120 valence electrons. The fraction of sp³-hybridized carbons (Fsp3) is 0.429. The van der Waals surface area contributed by atoms with Crippen molar-refractivity contribution in [2.24, 2.45) is 5.73 Å². The topological polar surface area (TPSA) is 75.4 Å². The van der Waals surface area contributed by atoms with Crippen LogP contribution < -0.4 is 11.1 Å². The molecule has 1 aromatic carbocycles. The number of aryl methyl sites for hydroxylation is 1. The van der Waals surface area contributed by atoms with E-state index in [2.05, 4.69) is 5.32 Å². The third kappa shape index (κ3) is 3.49. The van der Waals surface area contributed by atoms with Crippen LogP contribution in [0.2, 0.25) is 0 Å². The van der Waals surface area contributed by atoms with Gasteiger partial charge >= 0.3 is 6.18 Å². The predicted molar refractivity (Wildman–Crippen MR) is 74.4 cm³/mol. The largest absolute Gasteiger partial charge is 0.406 e. The normalized spacial score (nSPS) is 18.6. The Labute approximate surface area is 125 Å². The van der Waals surface area contributed by atoms with Crippen LogP contribution in [0.25, 0.3) is 0 Å². The number of nitrogens with two attached hydrogens (primary N) is 1. The molecule has 1 aromatic rings. The lowest BCUT2D eigenvalue weighted by Crippen LogP contribution is -2.39. The minimum Gasteiger partial charge on any atom is -0.373 e. The van der Waals surface area contributed by atoms with E-state index in [1.54, 1.807) is 25.1 Å². The van der Waals surface area contributed by atoms with Crippen molar-refractivity contribution < 1.29 is 22.8 Å². The van der Waals surface area contributed by atoms with E-state index in [1.165, 1.54) is 0 Å². The summed E-state index contributed by atoms with van der Waals surface area (Å²) in [6, 6.07) is 4.16. The Morgan fingerprint density at radius 1 is 1.45 bits per heavy atom. The monoisotopic (exact) mass is 315 g/mol. The molecule has 0 bridgehead atoms. The molecule has 1 heterocycles. The van der Waals surface area contributed by atoms with Gasteiger partial charge < -0.3 is 16.0 Å². The summed E-state index contributed by atoms with van der Waals surface area (Å²) in [4.78, 5) is 24.3. The van der Waals surface area contributed by atoms with Crippen LogP contribution in [0.3, 0.4) is 0 Å². The van der Waals surface area contributed by atoms with Crippen LogP contribution >= 0.6 is 0 Å². The van der Waals surface area contributed by atoms with Gasteiger partial charge in [-0.1, -0.05) is 12.1 Å². The Morgan fingerprint density at radius 3 is 2.73 bits per heavy atom. The number of amides is 2. The fourth-order valence-electron chi connectivity index (χ4n) is 2.55. The number of hydrogen-bond donors (Lipinski definition) is 2. The molecule has 8 heteroatoms. The zero-order valence-corrected chi connectivity index (χ0v) is 11.9. The minimum atomic E-state index is -4.42. The number of alkyl halides is 3. The summed E-state index contributed by atoms with van der Waals surface area (Å²) in [6.45, 7) is 0.450. The first-order chi connectivity index (χ1) is 10.2. The number of rotatable bonds is 4. The van der Waals surface area contributed by atoms with E-state index in [0.717, 1.165) is 4.90 Å². The highest BCUT2D eigenvalue weighted by Crippen LogP contribution is 2.25. The summed E-state index contributed by atoms with van der Waals surface area (Å²) < 4.78 is 37.1. The number of primary amides is 1. The molecular formula is C14H16F3N3O2. The zero-order valence-electron chi connectivity index (χ0n) is 11.9. The molecule has 1 aliphatic heterocycles. The van der Waals surface area contributed by atoms with Crippen molar-refractivity contribution in [2.45, 2.75) is 25.6 Å². The van der Waals surface area contributed by atoms with E-state index in [1.807, 2.05) is 0 Å². The molecule has 1 saturated heterocycles. The van der Waals surface area contributed by atoms with Crippen LogP contribution in [0.1, 0.15) is 22.3 Å². The Balaban J connectivity index is 2.15. The van der Waals surface area contributed by atoms with Gasteiger partial charge in [-0.15, -0.1) is 0 Å². The predicted octanol–water partition coefficient (Wildman–Crippen LogP) is 1.67. The molecule has 1 fully saturated rings. The maximum Gasteiger partial charge on any atom is 0.406 e. The highest BCUT2D eigenvalue weighted by Gasteiger charge is 2.39. The van der Waals surface area contributed by atoms with Crippen LogP contribution in [-0.4, -0.2) is 42.0 Å². The lowest BCUT2D eigenvalue weighted by molar-refractivity contribution is -0.157. The molecule has 0 aromatic heterocycles. The van der Waals surface area contributed by atoms with Gasteiger partial charge in [-0.3, -0.25) is 9.59 Å². The van der Waals surface area contributed by atoms with Crippen LogP contribution in [0.15, 0.2) is 18.2 Å². The molecule has 0 unspecified atom stereocenters. The Hall–Kier alpha value is -2.25. The second kappa shape index (κ2) is 5.86. The molecule has 0 saturated carbocycles. The second-order valence-corrected chi connectivity index (χ2v) is 5.22. The minimum absolute atomic E-state index is 0.0216. The van der Waals surface area contributed by atoms with Gasteiger partial charge in [0.1, 0.15) is 12.6 Å². The van der Waals surface area contributed by atoms with Gasteiger partial charge in [0.25, 0.3) is 5.91 Å². The first kappa shape index (κ1) is 16.1. The molecule has 2 rings (SSSR count). The summed E-state index contributed by atoms with van der Waals surface area (Å²) in [6.07, 6.45) is -4.19. The Morgan fingerprint density at radius 2 is 2.14 bits per heavy atom. The average Bonchev–Trinajstić information content (AvgIpc) is 2.69. The van der Waals surface area contributed by atoms with Gasteiger partial charge in [0.2, 0.25) is 5.91 Å². The lowest BCUT2D eigenvalue weighted by Gasteiger charge is -2.20. The van der Waals surface area contributed by atoms with Crippen molar-refractivity contribution >= 4 is 17.5 Å². The molecular weight excluding hydrogens is 299 g/mol. The summed E-state index contributed by atoms with van der Waals surface area (Å²) in [5, 5.41) is 2.84. The van der Waals surface area contributed by atoms with E-state index in [9.17, 15) is 22.8 Å². The molecule has 22 heavy (non-hydrogen) atoms. The van der Waals surface area contributed by atoms with Gasteiger partial charge in [-0.05, 0) is 25.0 Å². The van der Waals surface area contributed by atoms with Gasteiger partial charge in [-0.2, -0.15) is 13.2 Å². The Bertz CT molecular complexity index is 601. The van der Waals surface area contributed by atoms with Gasteiger partial charge in [-0.25, -0.2) is 0 Å². The van der Waals surface area contributed by atoms with E-state index in [4.69, 9.17) is 5.73 Å². The maximum absolute atomic E-state index is 12.4. The highest BCUT2D eigenvalue weighted by atomic mass is 19.4. The van der Waals surface area contributed by atoms with Crippen LogP contribution in [-0.2, 0) is 4.79 Å². The van der Waals surface area contributed by atoms with Crippen molar-refractivity contribution in [3.05, 3.63) is 29.3 Å². The third-order valence-electron chi connectivity index (χ3n) is 3.52. The third-order valence-corrected chi connectivity index (χ3v) is 3.52. The summed E-state index contributed by atoms with van der Waals surface area (Å²) in [7, 11) is 0. The molecule has 0 spiro atoms. The number of carbonyl (C=O) groups excluding carboxylic acids is 2. The number of likely N-dealkylation sites (tertiary alicyclic amines) is 1. The number of anilines is 1. The zero-order chi connectivity index (χ0) is 16.5. The van der Waals surface area contributed by atoms with Crippen molar-refractivity contribution in [3.8, 4) is 0 Å². The highest BCUT2D eigenvalue weighted by molar-refractivity contribution is 6.00. The molecule has 0 radical (unpaired) electrons. The van der Waals surface area contributed by atoms with E-state index in [0.29, 0.717) is 11.3 Å². The second-order valence-electron chi connectivity index (χ2n) is 5.22. The average molecular weight is 315 g/mol. The number of hydrogen-bond acceptors (Lipinski definition) is 3. The number of halogens is 3. The van der Waals surface area contributed by atoms with Gasteiger partial charge in [0, 0.05) is 12.2 Å². The van der Waals surface area contributed by atoms with E-state index in [-0.39, 0.29) is 18.5 Å².